The molecule has 0 bridgehead atoms. The van der Waals surface area contributed by atoms with Gasteiger partial charge in [-0.1, -0.05) is 29.3 Å². The Morgan fingerprint density at radius 3 is 2.66 bits per heavy atom. The molecule has 0 fully saturated rings. The summed E-state index contributed by atoms with van der Waals surface area (Å²) < 4.78 is 5.52. The van der Waals surface area contributed by atoms with Gasteiger partial charge in [-0.3, -0.25) is 4.79 Å². The fourth-order valence-electron chi connectivity index (χ4n) is 3.01. The van der Waals surface area contributed by atoms with E-state index < -0.39 is 0 Å². The molecule has 0 aliphatic carbocycles. The molecule has 5 nitrogen and oxygen atoms in total. The van der Waals surface area contributed by atoms with E-state index in [0.29, 0.717) is 32.9 Å². The third kappa shape index (κ3) is 3.92. The molecule has 1 amide bonds. The van der Waals surface area contributed by atoms with Crippen LogP contribution in [0.25, 0.3) is 22.4 Å². The third-order valence-corrected chi connectivity index (χ3v) is 5.23. The number of hydrogen-bond donors (Lipinski definition) is 2. The summed E-state index contributed by atoms with van der Waals surface area (Å²) >= 11 is 12.2. The summed E-state index contributed by atoms with van der Waals surface area (Å²) in [4.78, 5) is 20.4. The maximum Gasteiger partial charge on any atom is 0.255 e. The van der Waals surface area contributed by atoms with Crippen LogP contribution in [-0.2, 0) is 0 Å². The molecule has 0 spiro atoms. The summed E-state index contributed by atoms with van der Waals surface area (Å²) in [6.07, 6.45) is 0. The minimum Gasteiger partial charge on any atom is -0.496 e. The molecule has 1 aromatic heterocycles. The number of nitrogens with zero attached hydrogens (tertiary/aromatic N) is 1. The van der Waals surface area contributed by atoms with E-state index in [1.54, 1.807) is 37.4 Å². The highest BCUT2D eigenvalue weighted by molar-refractivity contribution is 6.32. The first kappa shape index (κ1) is 19.3. The van der Waals surface area contributed by atoms with Gasteiger partial charge in [0.2, 0.25) is 0 Å². The van der Waals surface area contributed by atoms with Crippen molar-refractivity contribution in [3.63, 3.8) is 0 Å². The van der Waals surface area contributed by atoms with Crippen LogP contribution in [0.4, 0.5) is 5.69 Å². The van der Waals surface area contributed by atoms with Gasteiger partial charge in [-0.05, 0) is 55.0 Å². The second-order valence-electron chi connectivity index (χ2n) is 6.58. The number of benzene rings is 3. The average Bonchev–Trinajstić information content (AvgIpc) is 3.12. The average molecular weight is 426 g/mol. The van der Waals surface area contributed by atoms with E-state index in [2.05, 4.69) is 15.3 Å². The van der Waals surface area contributed by atoms with Crippen LogP contribution in [0.1, 0.15) is 15.9 Å². The summed E-state index contributed by atoms with van der Waals surface area (Å²) in [6, 6.07) is 16.1. The van der Waals surface area contributed by atoms with Crippen molar-refractivity contribution >= 4 is 45.8 Å². The lowest BCUT2D eigenvalue weighted by Gasteiger charge is -2.11. The molecule has 4 rings (SSSR count). The molecule has 0 saturated carbocycles. The number of carbonyl (C=O) groups excluding carboxylic acids is 1. The Labute approximate surface area is 177 Å². The minimum atomic E-state index is -0.250. The fourth-order valence-corrected chi connectivity index (χ4v) is 3.36. The van der Waals surface area contributed by atoms with Crippen LogP contribution in [0.5, 0.6) is 5.75 Å². The number of anilines is 1. The SMILES string of the molecule is COc1cc(NC(=O)c2ccc(C)c(Cl)c2)ccc1-c1nc2ccc(Cl)cc2[nH]1. The molecule has 1 heterocycles. The zero-order chi connectivity index (χ0) is 20.5. The van der Waals surface area contributed by atoms with Crippen LogP contribution in [0.3, 0.4) is 0 Å². The fraction of sp³-hybridized carbons (Fsp3) is 0.0909. The number of rotatable bonds is 4. The lowest BCUT2D eigenvalue weighted by atomic mass is 10.1. The van der Waals surface area contributed by atoms with Crippen molar-refractivity contribution in [2.75, 3.05) is 12.4 Å². The lowest BCUT2D eigenvalue weighted by molar-refractivity contribution is 0.102. The first-order valence-electron chi connectivity index (χ1n) is 8.86. The highest BCUT2D eigenvalue weighted by atomic mass is 35.5. The maximum atomic E-state index is 12.5. The highest BCUT2D eigenvalue weighted by Gasteiger charge is 2.14. The van der Waals surface area contributed by atoms with Gasteiger partial charge in [0.1, 0.15) is 11.6 Å². The maximum absolute atomic E-state index is 12.5. The Kier molecular flexibility index (Phi) is 5.18. The second-order valence-corrected chi connectivity index (χ2v) is 7.42. The zero-order valence-electron chi connectivity index (χ0n) is 15.7. The Morgan fingerprint density at radius 2 is 1.90 bits per heavy atom. The number of ether oxygens (including phenoxy) is 1. The second kappa shape index (κ2) is 7.78. The molecule has 0 aliphatic heterocycles. The molecule has 0 radical (unpaired) electrons. The largest absolute Gasteiger partial charge is 0.496 e. The summed E-state index contributed by atoms with van der Waals surface area (Å²) in [7, 11) is 1.57. The topological polar surface area (TPSA) is 67.0 Å². The number of halogens is 2. The van der Waals surface area contributed by atoms with E-state index in [4.69, 9.17) is 27.9 Å². The first-order chi connectivity index (χ1) is 13.9. The van der Waals surface area contributed by atoms with Crippen LogP contribution in [-0.4, -0.2) is 23.0 Å². The van der Waals surface area contributed by atoms with Gasteiger partial charge in [0, 0.05) is 27.4 Å². The molecule has 29 heavy (non-hydrogen) atoms. The monoisotopic (exact) mass is 425 g/mol. The number of carbonyl (C=O) groups is 1. The number of aromatic nitrogens is 2. The van der Waals surface area contributed by atoms with Gasteiger partial charge in [-0.15, -0.1) is 0 Å². The van der Waals surface area contributed by atoms with E-state index >= 15 is 0 Å². The number of imidazole rings is 1. The normalized spacial score (nSPS) is 10.9. The summed E-state index contributed by atoms with van der Waals surface area (Å²) in [5.41, 5.74) is 4.42. The number of H-pyrrole nitrogens is 1. The first-order valence-corrected chi connectivity index (χ1v) is 9.61. The third-order valence-electron chi connectivity index (χ3n) is 4.59. The van der Waals surface area contributed by atoms with Crippen LogP contribution >= 0.6 is 23.2 Å². The minimum absolute atomic E-state index is 0.250. The number of nitrogens with one attached hydrogen (secondary N) is 2. The summed E-state index contributed by atoms with van der Waals surface area (Å²) in [6.45, 7) is 1.89. The molecule has 0 saturated heterocycles. The summed E-state index contributed by atoms with van der Waals surface area (Å²) in [5.74, 6) is 0.984. The molecule has 2 N–H and O–H groups in total. The van der Waals surface area contributed by atoms with Crippen LogP contribution in [0.15, 0.2) is 54.6 Å². The van der Waals surface area contributed by atoms with E-state index in [1.165, 1.54) is 0 Å². The molecular weight excluding hydrogens is 409 g/mol. The van der Waals surface area contributed by atoms with Crippen LogP contribution in [0.2, 0.25) is 10.0 Å². The van der Waals surface area contributed by atoms with Crippen molar-refractivity contribution in [2.45, 2.75) is 6.92 Å². The van der Waals surface area contributed by atoms with Crippen LogP contribution in [0, 0.1) is 6.92 Å². The standard InChI is InChI=1S/C22H17Cl2N3O2/c1-12-3-4-13(9-17(12)24)22(28)25-15-6-7-16(20(11-15)29-2)21-26-18-8-5-14(23)10-19(18)27-21/h3-11H,1-2H3,(H,25,28)(H,26,27). The molecular formula is C22H17Cl2N3O2. The molecule has 146 valence electrons. The quantitative estimate of drug-likeness (QED) is 0.414. The number of aryl methyl sites for hydroxylation is 1. The van der Waals surface area contributed by atoms with Crippen molar-refractivity contribution in [1.29, 1.82) is 0 Å². The lowest BCUT2D eigenvalue weighted by Crippen LogP contribution is -2.12. The molecule has 0 atom stereocenters. The number of amides is 1. The Bertz CT molecular complexity index is 1230. The van der Waals surface area contributed by atoms with Gasteiger partial charge in [-0.25, -0.2) is 4.98 Å². The van der Waals surface area contributed by atoms with E-state index in [-0.39, 0.29) is 5.91 Å². The number of aromatic amines is 1. The van der Waals surface area contributed by atoms with Gasteiger partial charge in [0.15, 0.2) is 0 Å². The Balaban J connectivity index is 1.63. The van der Waals surface area contributed by atoms with Gasteiger partial charge >= 0.3 is 0 Å². The van der Waals surface area contributed by atoms with Gasteiger partial charge in [-0.2, -0.15) is 0 Å². The van der Waals surface area contributed by atoms with Crippen molar-refractivity contribution in [2.24, 2.45) is 0 Å². The van der Waals surface area contributed by atoms with Crippen molar-refractivity contribution in [3.05, 3.63) is 75.8 Å². The highest BCUT2D eigenvalue weighted by Crippen LogP contribution is 2.32. The van der Waals surface area contributed by atoms with Gasteiger partial charge in [0.05, 0.1) is 23.7 Å². The summed E-state index contributed by atoms with van der Waals surface area (Å²) in [5, 5.41) is 4.05. The van der Waals surface area contributed by atoms with Crippen molar-refractivity contribution in [3.8, 4) is 17.1 Å². The Morgan fingerprint density at radius 1 is 1.07 bits per heavy atom. The molecule has 0 unspecified atom stereocenters. The molecule has 3 aromatic carbocycles. The number of fused-ring (bicyclic) bond motifs is 1. The predicted molar refractivity (Wildman–Crippen MR) is 117 cm³/mol. The van der Waals surface area contributed by atoms with Gasteiger partial charge < -0.3 is 15.0 Å². The number of methoxy groups -OCH3 is 1. The van der Waals surface area contributed by atoms with Gasteiger partial charge in [0.25, 0.3) is 5.91 Å². The molecule has 7 heteroatoms. The van der Waals surface area contributed by atoms with E-state index in [0.717, 1.165) is 22.2 Å². The van der Waals surface area contributed by atoms with Crippen molar-refractivity contribution in [1.82, 2.24) is 9.97 Å². The zero-order valence-corrected chi connectivity index (χ0v) is 17.2. The Hall–Kier alpha value is -3.02. The molecule has 4 aromatic rings. The predicted octanol–water partition coefficient (Wildman–Crippen LogP) is 6.11. The van der Waals surface area contributed by atoms with E-state index in [1.807, 2.05) is 31.2 Å². The number of hydrogen-bond acceptors (Lipinski definition) is 3. The van der Waals surface area contributed by atoms with E-state index in [9.17, 15) is 4.79 Å². The van der Waals surface area contributed by atoms with Crippen molar-refractivity contribution < 1.29 is 9.53 Å². The smallest absolute Gasteiger partial charge is 0.255 e. The van der Waals surface area contributed by atoms with Crippen LogP contribution < -0.4 is 10.1 Å². The molecule has 0 aliphatic rings.